The van der Waals surface area contributed by atoms with Crippen LogP contribution in [0.1, 0.15) is 19.4 Å². The van der Waals surface area contributed by atoms with Gasteiger partial charge < -0.3 is 5.11 Å². The van der Waals surface area contributed by atoms with Crippen LogP contribution in [0.3, 0.4) is 0 Å². The molecule has 7 heteroatoms. The van der Waals surface area contributed by atoms with Gasteiger partial charge in [-0.05, 0) is 5.92 Å². The lowest BCUT2D eigenvalue weighted by atomic mass is 10.1. The molecular weight excluding hydrogens is 290 g/mol. The number of halogens is 2. The van der Waals surface area contributed by atoms with E-state index in [1.54, 1.807) is 0 Å². The van der Waals surface area contributed by atoms with E-state index in [1.807, 2.05) is 0 Å². The van der Waals surface area contributed by atoms with Crippen LogP contribution in [0.4, 0.5) is 8.78 Å². The topological polar surface area (TPSA) is 71.4 Å². The molecule has 0 bridgehead atoms. The maximum atomic E-state index is 14.0. The van der Waals surface area contributed by atoms with E-state index in [2.05, 4.69) is 0 Å². The average Bonchev–Trinajstić information content (AvgIpc) is 2.26. The Bertz CT molecular complexity index is 567. The molecule has 0 saturated carbocycles. The Labute approximate surface area is 116 Å². The zero-order valence-electron chi connectivity index (χ0n) is 11.1. The molecule has 1 unspecified atom stereocenters. The van der Waals surface area contributed by atoms with Gasteiger partial charge in [-0.3, -0.25) is 4.79 Å². The fourth-order valence-electron chi connectivity index (χ4n) is 1.96. The molecule has 1 atom stereocenters. The second-order valence-corrected chi connectivity index (χ2v) is 7.00. The van der Waals surface area contributed by atoms with Gasteiger partial charge in [0.15, 0.2) is 15.1 Å². The molecule has 0 aliphatic rings. The number of carboxylic acids is 1. The fraction of sp³-hybridized carbons (Fsp3) is 0.462. The minimum Gasteiger partial charge on any atom is -0.480 e. The van der Waals surface area contributed by atoms with Gasteiger partial charge >= 0.3 is 5.97 Å². The summed E-state index contributed by atoms with van der Waals surface area (Å²) in [6.45, 7) is 2.74. The molecule has 0 fully saturated rings. The van der Waals surface area contributed by atoms with Crippen molar-refractivity contribution >= 4 is 15.8 Å². The van der Waals surface area contributed by atoms with Crippen LogP contribution in [-0.2, 0) is 20.6 Å². The molecule has 0 radical (unpaired) electrons. The van der Waals surface area contributed by atoms with Crippen molar-refractivity contribution in [3.05, 3.63) is 35.9 Å². The highest BCUT2D eigenvalue weighted by Crippen LogP contribution is 2.31. The highest BCUT2D eigenvalue weighted by molar-refractivity contribution is 7.92. The smallest absolute Gasteiger partial charge is 0.322 e. The van der Waals surface area contributed by atoms with Gasteiger partial charge in [0.25, 0.3) is 5.92 Å². The Morgan fingerprint density at radius 2 is 1.75 bits per heavy atom. The first kappa shape index (κ1) is 16.6. The number of alkyl halides is 2. The van der Waals surface area contributed by atoms with Gasteiger partial charge in [0, 0.05) is 5.56 Å². The lowest BCUT2D eigenvalue weighted by Crippen LogP contribution is -2.40. The van der Waals surface area contributed by atoms with Crippen LogP contribution in [-0.4, -0.2) is 30.5 Å². The zero-order valence-corrected chi connectivity index (χ0v) is 11.9. The summed E-state index contributed by atoms with van der Waals surface area (Å²) in [6, 6.07) is 6.49. The number of hydrogen-bond donors (Lipinski definition) is 1. The number of benzene rings is 1. The van der Waals surface area contributed by atoms with Crippen molar-refractivity contribution in [2.45, 2.75) is 25.0 Å². The molecule has 0 aliphatic carbocycles. The van der Waals surface area contributed by atoms with Gasteiger partial charge in [-0.1, -0.05) is 44.2 Å². The molecular formula is C13H16F2O4S. The third kappa shape index (κ3) is 3.75. The van der Waals surface area contributed by atoms with Crippen LogP contribution in [0, 0.1) is 5.92 Å². The molecule has 112 valence electrons. The van der Waals surface area contributed by atoms with Crippen LogP contribution in [0.15, 0.2) is 30.3 Å². The molecule has 1 rings (SSSR count). The summed E-state index contributed by atoms with van der Waals surface area (Å²) in [5.41, 5.74) is -0.448. The first-order chi connectivity index (χ1) is 9.08. The van der Waals surface area contributed by atoms with Crippen molar-refractivity contribution in [2.75, 3.05) is 5.75 Å². The molecule has 1 aromatic carbocycles. The van der Waals surface area contributed by atoms with Gasteiger partial charge in [0.05, 0.1) is 0 Å². The van der Waals surface area contributed by atoms with Crippen molar-refractivity contribution in [1.82, 2.24) is 0 Å². The van der Waals surface area contributed by atoms with Crippen LogP contribution < -0.4 is 0 Å². The third-order valence-electron chi connectivity index (χ3n) is 2.81. The Morgan fingerprint density at radius 3 is 2.15 bits per heavy atom. The summed E-state index contributed by atoms with van der Waals surface area (Å²) in [4.78, 5) is 11.0. The second-order valence-electron chi connectivity index (χ2n) is 4.88. The van der Waals surface area contributed by atoms with Gasteiger partial charge in [-0.25, -0.2) is 17.2 Å². The highest BCUT2D eigenvalue weighted by atomic mass is 32.2. The third-order valence-corrected chi connectivity index (χ3v) is 5.10. The molecule has 1 aromatic rings. The minimum absolute atomic E-state index is 0.448. The number of sulfone groups is 1. The molecule has 0 aromatic heterocycles. The molecule has 1 N–H and O–H groups in total. The summed E-state index contributed by atoms with van der Waals surface area (Å²) in [5, 5.41) is 7.09. The van der Waals surface area contributed by atoms with Crippen molar-refractivity contribution in [1.29, 1.82) is 0 Å². The lowest BCUT2D eigenvalue weighted by Gasteiger charge is -2.21. The normalized spacial score (nSPS) is 14.2. The van der Waals surface area contributed by atoms with Crippen LogP contribution in [0.5, 0.6) is 0 Å². The molecule has 20 heavy (non-hydrogen) atoms. The molecule has 0 heterocycles. The Morgan fingerprint density at radius 1 is 1.25 bits per heavy atom. The maximum Gasteiger partial charge on any atom is 0.322 e. The van der Waals surface area contributed by atoms with E-state index in [-0.39, 0.29) is 0 Å². The van der Waals surface area contributed by atoms with E-state index in [0.29, 0.717) is 0 Å². The predicted molar refractivity (Wildman–Crippen MR) is 70.4 cm³/mol. The quantitative estimate of drug-likeness (QED) is 0.875. The summed E-state index contributed by atoms with van der Waals surface area (Å²) in [7, 11) is -4.48. The van der Waals surface area contributed by atoms with Crippen molar-refractivity contribution in [3.63, 3.8) is 0 Å². The van der Waals surface area contributed by atoms with Gasteiger partial charge in [0.2, 0.25) is 0 Å². The zero-order chi connectivity index (χ0) is 15.6. The summed E-state index contributed by atoms with van der Waals surface area (Å²) >= 11 is 0. The summed E-state index contributed by atoms with van der Waals surface area (Å²) in [6.07, 6.45) is 0. The average molecular weight is 306 g/mol. The van der Waals surface area contributed by atoms with E-state index in [0.717, 1.165) is 12.1 Å². The van der Waals surface area contributed by atoms with E-state index < -0.39 is 44.2 Å². The molecule has 0 aliphatic heterocycles. The van der Waals surface area contributed by atoms with Crippen LogP contribution in [0.25, 0.3) is 0 Å². The lowest BCUT2D eigenvalue weighted by molar-refractivity contribution is -0.137. The first-order valence-corrected chi connectivity index (χ1v) is 7.67. The summed E-state index contributed by atoms with van der Waals surface area (Å²) < 4.78 is 51.8. The first-order valence-electron chi connectivity index (χ1n) is 5.95. The van der Waals surface area contributed by atoms with Crippen LogP contribution in [0.2, 0.25) is 0 Å². The number of carbonyl (C=O) groups is 1. The van der Waals surface area contributed by atoms with Crippen molar-refractivity contribution < 1.29 is 27.1 Å². The maximum absolute atomic E-state index is 14.0. The number of aliphatic carboxylic acids is 1. The van der Waals surface area contributed by atoms with Gasteiger partial charge in [0.1, 0.15) is 5.75 Å². The van der Waals surface area contributed by atoms with Gasteiger partial charge in [-0.2, -0.15) is 0 Å². The minimum atomic E-state index is -4.48. The van der Waals surface area contributed by atoms with E-state index in [4.69, 9.17) is 5.11 Å². The predicted octanol–water partition coefficient (Wildman–Crippen LogP) is 2.30. The number of carboxylic acid groups (broad SMARTS) is 1. The molecule has 4 nitrogen and oxygen atoms in total. The number of rotatable bonds is 6. The van der Waals surface area contributed by atoms with E-state index >= 15 is 0 Å². The fourth-order valence-corrected chi connectivity index (χ4v) is 3.95. The summed E-state index contributed by atoms with van der Waals surface area (Å²) in [5.74, 6) is -7.53. The monoisotopic (exact) mass is 306 g/mol. The van der Waals surface area contributed by atoms with E-state index in [9.17, 15) is 22.0 Å². The molecule has 0 spiro atoms. The Hall–Kier alpha value is -1.50. The Kier molecular flexibility index (Phi) is 4.86. The largest absolute Gasteiger partial charge is 0.480 e. The van der Waals surface area contributed by atoms with E-state index in [1.165, 1.54) is 32.0 Å². The SMILES string of the molecule is CC(C)C(C(=O)O)S(=O)(=O)CC(F)(F)c1ccccc1. The van der Waals surface area contributed by atoms with Gasteiger partial charge in [-0.15, -0.1) is 0 Å². The molecule has 0 saturated heterocycles. The van der Waals surface area contributed by atoms with Crippen LogP contribution >= 0.6 is 0 Å². The number of hydrogen-bond acceptors (Lipinski definition) is 3. The molecule has 0 amide bonds. The van der Waals surface area contributed by atoms with Crippen molar-refractivity contribution in [3.8, 4) is 0 Å². The highest BCUT2D eigenvalue weighted by Gasteiger charge is 2.44. The Balaban J connectivity index is 3.10. The second kappa shape index (κ2) is 5.87. The standard InChI is InChI=1S/C13H16F2O4S/c1-9(2)11(12(16)17)20(18,19)8-13(14,15)10-6-4-3-5-7-10/h3-7,9,11H,8H2,1-2H3,(H,16,17). The van der Waals surface area contributed by atoms with Crippen molar-refractivity contribution in [2.24, 2.45) is 5.92 Å².